The van der Waals surface area contributed by atoms with Crippen molar-refractivity contribution < 1.29 is 13.2 Å². The van der Waals surface area contributed by atoms with E-state index in [1.54, 1.807) is 14.1 Å². The zero-order chi connectivity index (χ0) is 16.2. The van der Waals surface area contributed by atoms with Crippen LogP contribution in [0, 0.1) is 5.92 Å². The molecule has 2 amide bonds. The Kier molecular flexibility index (Phi) is 6.05. The highest BCUT2D eigenvalue weighted by Crippen LogP contribution is 2.20. The third-order valence-electron chi connectivity index (χ3n) is 4.60. The van der Waals surface area contributed by atoms with Gasteiger partial charge in [0, 0.05) is 39.8 Å². The Balaban J connectivity index is 1.68. The molecule has 0 aromatic rings. The Morgan fingerprint density at radius 2 is 1.73 bits per heavy atom. The number of hydrogen-bond donors (Lipinski definition) is 2. The van der Waals surface area contributed by atoms with Crippen LogP contribution in [0.2, 0.25) is 0 Å². The smallest absolute Gasteiger partial charge is 0.315 e. The van der Waals surface area contributed by atoms with Crippen LogP contribution >= 0.6 is 0 Å². The van der Waals surface area contributed by atoms with Crippen LogP contribution in [0.1, 0.15) is 38.5 Å². The molecule has 0 bridgehead atoms. The number of urea groups is 1. The van der Waals surface area contributed by atoms with Crippen molar-refractivity contribution in [1.82, 2.24) is 19.2 Å². The second-order valence-corrected chi connectivity index (χ2v) is 8.61. The van der Waals surface area contributed by atoms with Crippen LogP contribution in [0.15, 0.2) is 0 Å². The maximum Gasteiger partial charge on any atom is 0.315 e. The molecular weight excluding hydrogens is 304 g/mol. The summed E-state index contributed by atoms with van der Waals surface area (Å²) in [5.74, 6) is 0.350. The first-order valence-corrected chi connectivity index (χ1v) is 9.51. The van der Waals surface area contributed by atoms with Crippen LogP contribution in [0.25, 0.3) is 0 Å². The summed E-state index contributed by atoms with van der Waals surface area (Å²) in [6.07, 6.45) is 6.13. The molecule has 1 heterocycles. The average Bonchev–Trinajstić information content (AvgIpc) is 2.98. The maximum absolute atomic E-state index is 12.0. The van der Waals surface area contributed by atoms with E-state index in [1.807, 2.05) is 0 Å². The lowest BCUT2D eigenvalue weighted by atomic mass is 9.98. The maximum atomic E-state index is 12.0. The standard InChI is InChI=1S/C14H28N4O3S/c1-17(2)22(20,21)18-9-7-12(8-10-18)11-15-14(19)16-13-5-3-4-6-13/h12-13H,3-11H2,1-2H3,(H2,15,16,19). The van der Waals surface area contributed by atoms with Crippen molar-refractivity contribution in [2.45, 2.75) is 44.6 Å². The summed E-state index contributed by atoms with van der Waals surface area (Å²) < 4.78 is 26.8. The third-order valence-corrected chi connectivity index (χ3v) is 6.54. The van der Waals surface area contributed by atoms with E-state index in [1.165, 1.54) is 21.5 Å². The molecule has 7 nitrogen and oxygen atoms in total. The molecule has 1 saturated carbocycles. The van der Waals surface area contributed by atoms with Crippen LogP contribution < -0.4 is 10.6 Å². The predicted molar refractivity (Wildman–Crippen MR) is 85.7 cm³/mol. The van der Waals surface area contributed by atoms with Gasteiger partial charge in [0.15, 0.2) is 0 Å². The second kappa shape index (κ2) is 7.61. The highest BCUT2D eigenvalue weighted by molar-refractivity contribution is 7.86. The van der Waals surface area contributed by atoms with E-state index < -0.39 is 10.2 Å². The van der Waals surface area contributed by atoms with E-state index >= 15 is 0 Å². The first kappa shape index (κ1) is 17.5. The predicted octanol–water partition coefficient (Wildman–Crippen LogP) is 0.747. The van der Waals surface area contributed by atoms with Crippen molar-refractivity contribution in [3.63, 3.8) is 0 Å². The van der Waals surface area contributed by atoms with E-state index in [0.717, 1.165) is 25.7 Å². The zero-order valence-corrected chi connectivity index (χ0v) is 14.4. The fraction of sp³-hybridized carbons (Fsp3) is 0.929. The molecule has 2 N–H and O–H groups in total. The van der Waals surface area contributed by atoms with Gasteiger partial charge in [-0.1, -0.05) is 12.8 Å². The molecule has 0 radical (unpaired) electrons. The Hall–Kier alpha value is -0.860. The molecule has 22 heavy (non-hydrogen) atoms. The van der Waals surface area contributed by atoms with Gasteiger partial charge in [-0.2, -0.15) is 17.0 Å². The second-order valence-electron chi connectivity index (χ2n) is 6.47. The molecule has 1 aliphatic heterocycles. The molecule has 0 unspecified atom stereocenters. The number of nitrogens with zero attached hydrogens (tertiary/aromatic N) is 2. The van der Waals surface area contributed by atoms with E-state index in [-0.39, 0.29) is 6.03 Å². The van der Waals surface area contributed by atoms with E-state index in [9.17, 15) is 13.2 Å². The molecule has 1 saturated heterocycles. The van der Waals surface area contributed by atoms with Crippen molar-refractivity contribution in [2.75, 3.05) is 33.7 Å². The molecule has 2 rings (SSSR count). The van der Waals surface area contributed by atoms with Gasteiger partial charge in [0.1, 0.15) is 0 Å². The van der Waals surface area contributed by atoms with Crippen LogP contribution in [0.4, 0.5) is 4.79 Å². The van der Waals surface area contributed by atoms with Crippen LogP contribution in [0.5, 0.6) is 0 Å². The molecule has 2 aliphatic rings. The van der Waals surface area contributed by atoms with E-state index in [4.69, 9.17) is 0 Å². The SMILES string of the molecule is CN(C)S(=O)(=O)N1CCC(CNC(=O)NC2CCCC2)CC1. The molecule has 0 spiro atoms. The molecule has 8 heteroatoms. The van der Waals surface area contributed by atoms with Gasteiger partial charge >= 0.3 is 6.03 Å². The number of amides is 2. The third kappa shape index (κ3) is 4.57. The number of nitrogens with one attached hydrogen (secondary N) is 2. The van der Waals surface area contributed by atoms with Gasteiger partial charge in [0.2, 0.25) is 0 Å². The molecular formula is C14H28N4O3S. The minimum absolute atomic E-state index is 0.0877. The Bertz CT molecular complexity index is 466. The highest BCUT2D eigenvalue weighted by atomic mass is 32.2. The summed E-state index contributed by atoms with van der Waals surface area (Å²) in [5, 5.41) is 5.93. The molecule has 128 valence electrons. The Morgan fingerprint density at radius 1 is 1.14 bits per heavy atom. The van der Waals surface area contributed by atoms with Gasteiger partial charge in [-0.15, -0.1) is 0 Å². The van der Waals surface area contributed by atoms with Crippen molar-refractivity contribution in [3.8, 4) is 0 Å². The number of rotatable bonds is 5. The van der Waals surface area contributed by atoms with Crippen molar-refractivity contribution in [1.29, 1.82) is 0 Å². The Morgan fingerprint density at radius 3 is 2.27 bits per heavy atom. The van der Waals surface area contributed by atoms with Crippen LogP contribution in [0.3, 0.4) is 0 Å². The van der Waals surface area contributed by atoms with Crippen molar-refractivity contribution in [2.24, 2.45) is 5.92 Å². The topological polar surface area (TPSA) is 81.8 Å². The number of carbonyl (C=O) groups is 1. The number of carbonyl (C=O) groups excluding carboxylic acids is 1. The van der Waals surface area contributed by atoms with E-state index in [2.05, 4.69) is 10.6 Å². The number of hydrogen-bond acceptors (Lipinski definition) is 3. The van der Waals surface area contributed by atoms with Gasteiger partial charge in [-0.3, -0.25) is 0 Å². The fourth-order valence-electron chi connectivity index (χ4n) is 3.12. The average molecular weight is 332 g/mol. The Labute approximate surface area is 133 Å². The molecule has 0 aromatic carbocycles. The highest BCUT2D eigenvalue weighted by Gasteiger charge is 2.29. The first-order valence-electron chi connectivity index (χ1n) is 8.11. The lowest BCUT2D eigenvalue weighted by Crippen LogP contribution is -2.47. The summed E-state index contributed by atoms with van der Waals surface area (Å²) in [6.45, 7) is 1.67. The van der Waals surface area contributed by atoms with Crippen LogP contribution in [-0.4, -0.2) is 62.8 Å². The number of piperidine rings is 1. The van der Waals surface area contributed by atoms with Gasteiger partial charge in [0.25, 0.3) is 10.2 Å². The van der Waals surface area contributed by atoms with Gasteiger partial charge in [-0.25, -0.2) is 4.79 Å². The van der Waals surface area contributed by atoms with Crippen molar-refractivity contribution >= 4 is 16.2 Å². The lowest BCUT2D eigenvalue weighted by Gasteiger charge is -2.32. The van der Waals surface area contributed by atoms with Gasteiger partial charge in [-0.05, 0) is 31.6 Å². The van der Waals surface area contributed by atoms with Crippen LogP contribution in [-0.2, 0) is 10.2 Å². The molecule has 1 aliphatic carbocycles. The quantitative estimate of drug-likeness (QED) is 0.779. The molecule has 2 fully saturated rings. The van der Waals surface area contributed by atoms with Gasteiger partial charge < -0.3 is 10.6 Å². The largest absolute Gasteiger partial charge is 0.338 e. The lowest BCUT2D eigenvalue weighted by molar-refractivity contribution is 0.226. The minimum atomic E-state index is -3.30. The summed E-state index contributed by atoms with van der Waals surface area (Å²) in [4.78, 5) is 11.8. The van der Waals surface area contributed by atoms with E-state index in [0.29, 0.717) is 31.6 Å². The normalized spacial score (nSPS) is 22.1. The summed E-state index contributed by atoms with van der Waals surface area (Å²) in [7, 11) is -0.200. The summed E-state index contributed by atoms with van der Waals surface area (Å²) >= 11 is 0. The minimum Gasteiger partial charge on any atom is -0.338 e. The zero-order valence-electron chi connectivity index (χ0n) is 13.5. The van der Waals surface area contributed by atoms with Gasteiger partial charge in [0.05, 0.1) is 0 Å². The summed E-state index contributed by atoms with van der Waals surface area (Å²) in [6, 6.07) is 0.238. The summed E-state index contributed by atoms with van der Waals surface area (Å²) in [5.41, 5.74) is 0. The molecule has 0 aromatic heterocycles. The monoisotopic (exact) mass is 332 g/mol. The van der Waals surface area contributed by atoms with Crippen molar-refractivity contribution in [3.05, 3.63) is 0 Å². The first-order chi connectivity index (χ1) is 10.4. The fourth-order valence-corrected chi connectivity index (χ4v) is 4.25. The molecule has 0 atom stereocenters.